The normalized spacial score (nSPS) is 20.3. The third-order valence-corrected chi connectivity index (χ3v) is 3.64. The number of hydrogen-bond donors (Lipinski definition) is 2. The summed E-state index contributed by atoms with van der Waals surface area (Å²) in [5.74, 6) is 0.503. The van der Waals surface area contributed by atoms with Gasteiger partial charge in [0.15, 0.2) is 11.4 Å². The number of carbonyl (C=O) groups is 1. The number of anilines is 1. The van der Waals surface area contributed by atoms with Gasteiger partial charge in [0.25, 0.3) is 5.91 Å². The molecule has 0 unspecified atom stereocenters. The summed E-state index contributed by atoms with van der Waals surface area (Å²) in [4.78, 5) is 11.9. The zero-order chi connectivity index (χ0) is 17.3. The summed E-state index contributed by atoms with van der Waals surface area (Å²) in [7, 11) is 0. The minimum Gasteiger partial charge on any atom is -0.366 e. The average molecular weight is 341 g/mol. The van der Waals surface area contributed by atoms with Gasteiger partial charge in [-0.25, -0.2) is 0 Å². The van der Waals surface area contributed by atoms with Gasteiger partial charge in [-0.2, -0.15) is 13.2 Å². The van der Waals surface area contributed by atoms with E-state index in [1.54, 1.807) is 13.0 Å². The number of alkyl halides is 3. The van der Waals surface area contributed by atoms with Crippen LogP contribution in [0.1, 0.15) is 34.8 Å². The van der Waals surface area contributed by atoms with Crippen LogP contribution in [0, 0.1) is 6.92 Å². The van der Waals surface area contributed by atoms with Gasteiger partial charge in [-0.05, 0) is 31.9 Å². The van der Waals surface area contributed by atoms with Gasteiger partial charge >= 0.3 is 6.18 Å². The molecule has 0 radical (unpaired) electrons. The van der Waals surface area contributed by atoms with Crippen molar-refractivity contribution in [2.24, 2.45) is 0 Å². The Morgan fingerprint density at radius 2 is 2.00 bits per heavy atom. The summed E-state index contributed by atoms with van der Waals surface area (Å²) >= 11 is 0. The lowest BCUT2D eigenvalue weighted by molar-refractivity contribution is -0.141. The van der Waals surface area contributed by atoms with Gasteiger partial charge in [0.05, 0.1) is 0 Å². The Balaban J connectivity index is 1.46. The molecule has 1 saturated carbocycles. The van der Waals surface area contributed by atoms with Crippen molar-refractivity contribution in [2.75, 3.05) is 5.32 Å². The Bertz CT molecular complexity index is 723. The first-order valence-corrected chi connectivity index (χ1v) is 7.23. The SMILES string of the molecule is Cc1cc(C(=O)NC2CC(Nc3ccc(C(F)(F)F)nn3)C2)no1. The lowest BCUT2D eigenvalue weighted by Gasteiger charge is -2.36. The molecule has 0 atom stereocenters. The highest BCUT2D eigenvalue weighted by atomic mass is 19.4. The fourth-order valence-corrected chi connectivity index (χ4v) is 2.36. The first-order valence-electron chi connectivity index (χ1n) is 7.23. The Kier molecular flexibility index (Phi) is 4.12. The van der Waals surface area contributed by atoms with Crippen molar-refractivity contribution in [1.29, 1.82) is 0 Å². The molecule has 2 aromatic rings. The summed E-state index contributed by atoms with van der Waals surface area (Å²) in [6.07, 6.45) is -3.24. The molecule has 0 aliphatic heterocycles. The molecule has 2 heterocycles. The third-order valence-electron chi connectivity index (χ3n) is 3.64. The Morgan fingerprint density at radius 1 is 1.25 bits per heavy atom. The average Bonchev–Trinajstić information content (AvgIpc) is 2.91. The van der Waals surface area contributed by atoms with Crippen LogP contribution in [-0.2, 0) is 6.18 Å². The van der Waals surface area contributed by atoms with Gasteiger partial charge in [0, 0.05) is 18.2 Å². The summed E-state index contributed by atoms with van der Waals surface area (Å²) in [6, 6.07) is 3.64. The fourth-order valence-electron chi connectivity index (χ4n) is 2.36. The minimum absolute atomic E-state index is 0.0142. The van der Waals surface area contributed by atoms with Gasteiger partial charge in [-0.1, -0.05) is 5.16 Å². The van der Waals surface area contributed by atoms with Gasteiger partial charge in [-0.3, -0.25) is 4.79 Å². The summed E-state index contributed by atoms with van der Waals surface area (Å²) in [6.45, 7) is 1.69. The maximum Gasteiger partial charge on any atom is 0.435 e. The van der Waals surface area contributed by atoms with Crippen LogP contribution in [0.4, 0.5) is 19.0 Å². The first-order chi connectivity index (χ1) is 11.3. The minimum atomic E-state index is -4.50. The summed E-state index contributed by atoms with van der Waals surface area (Å²) in [5, 5.41) is 16.1. The topological polar surface area (TPSA) is 92.9 Å². The number of hydrogen-bond acceptors (Lipinski definition) is 6. The molecule has 0 saturated heterocycles. The molecule has 0 bridgehead atoms. The summed E-state index contributed by atoms with van der Waals surface area (Å²) in [5.41, 5.74) is -0.813. The van der Waals surface area contributed by atoms with Crippen LogP contribution in [-0.4, -0.2) is 33.3 Å². The zero-order valence-electron chi connectivity index (χ0n) is 12.6. The molecule has 7 nitrogen and oxygen atoms in total. The third kappa shape index (κ3) is 3.63. The van der Waals surface area contributed by atoms with Crippen LogP contribution in [0.2, 0.25) is 0 Å². The smallest absolute Gasteiger partial charge is 0.366 e. The zero-order valence-corrected chi connectivity index (χ0v) is 12.6. The molecule has 2 N–H and O–H groups in total. The van der Waals surface area contributed by atoms with Crippen molar-refractivity contribution in [3.8, 4) is 0 Å². The number of rotatable bonds is 4. The highest BCUT2D eigenvalue weighted by Crippen LogP contribution is 2.28. The molecule has 1 amide bonds. The van der Waals surface area contributed by atoms with Gasteiger partial charge in [0.2, 0.25) is 0 Å². The molecule has 0 spiro atoms. The number of amides is 1. The van der Waals surface area contributed by atoms with Crippen LogP contribution in [0.5, 0.6) is 0 Å². The molecule has 2 aromatic heterocycles. The van der Waals surface area contributed by atoms with Crippen LogP contribution >= 0.6 is 0 Å². The van der Waals surface area contributed by atoms with Crippen molar-refractivity contribution in [2.45, 2.75) is 38.0 Å². The van der Waals surface area contributed by atoms with E-state index in [4.69, 9.17) is 4.52 Å². The summed E-state index contributed by atoms with van der Waals surface area (Å²) < 4.78 is 42.0. The second kappa shape index (κ2) is 6.10. The van der Waals surface area contributed by atoms with E-state index >= 15 is 0 Å². The van der Waals surface area contributed by atoms with Crippen molar-refractivity contribution in [3.05, 3.63) is 35.3 Å². The van der Waals surface area contributed by atoms with E-state index in [2.05, 4.69) is 26.0 Å². The molecular weight excluding hydrogens is 327 g/mol. The molecule has 128 valence electrons. The van der Waals surface area contributed by atoms with Crippen LogP contribution in [0.15, 0.2) is 22.7 Å². The quantitative estimate of drug-likeness (QED) is 0.885. The molecule has 10 heteroatoms. The van der Waals surface area contributed by atoms with Gasteiger partial charge < -0.3 is 15.2 Å². The second-order valence-corrected chi connectivity index (χ2v) is 5.61. The number of halogens is 3. The van der Waals surface area contributed by atoms with Crippen LogP contribution in [0.25, 0.3) is 0 Å². The standard InChI is InChI=1S/C14H14F3N5O2/c1-7-4-10(22-24-7)13(23)19-9-5-8(6-9)18-12-3-2-11(20-21-12)14(15,16)17/h2-4,8-9H,5-6H2,1H3,(H,18,21)(H,19,23). The second-order valence-electron chi connectivity index (χ2n) is 5.61. The Hall–Kier alpha value is -2.65. The highest BCUT2D eigenvalue weighted by Gasteiger charge is 2.34. The lowest BCUT2D eigenvalue weighted by atomic mass is 9.86. The maximum atomic E-state index is 12.4. The van der Waals surface area contributed by atoms with E-state index in [0.29, 0.717) is 18.6 Å². The van der Waals surface area contributed by atoms with Crippen molar-refractivity contribution < 1.29 is 22.5 Å². The van der Waals surface area contributed by atoms with Crippen molar-refractivity contribution >= 4 is 11.7 Å². The maximum absolute atomic E-state index is 12.4. The molecule has 3 rings (SSSR count). The highest BCUT2D eigenvalue weighted by molar-refractivity contribution is 5.92. The van der Waals surface area contributed by atoms with Crippen LogP contribution < -0.4 is 10.6 Å². The van der Waals surface area contributed by atoms with E-state index in [-0.39, 0.29) is 29.5 Å². The van der Waals surface area contributed by atoms with E-state index in [9.17, 15) is 18.0 Å². The van der Waals surface area contributed by atoms with E-state index in [0.717, 1.165) is 6.07 Å². The molecule has 0 aromatic carbocycles. The number of aromatic nitrogens is 3. The molecule has 1 aliphatic rings. The predicted molar refractivity (Wildman–Crippen MR) is 76.2 cm³/mol. The molecule has 1 fully saturated rings. The Morgan fingerprint density at radius 3 is 2.54 bits per heavy atom. The predicted octanol–water partition coefficient (Wildman–Crippen LogP) is 2.16. The molecule has 24 heavy (non-hydrogen) atoms. The van der Waals surface area contributed by atoms with Gasteiger partial charge in [-0.15, -0.1) is 10.2 Å². The first kappa shape index (κ1) is 16.2. The van der Waals surface area contributed by atoms with E-state index in [1.165, 1.54) is 6.07 Å². The van der Waals surface area contributed by atoms with Gasteiger partial charge in [0.1, 0.15) is 11.6 Å². The monoisotopic (exact) mass is 341 g/mol. The number of nitrogens with one attached hydrogen (secondary N) is 2. The lowest BCUT2D eigenvalue weighted by Crippen LogP contribution is -2.49. The number of aryl methyl sites for hydroxylation is 1. The van der Waals surface area contributed by atoms with Crippen molar-refractivity contribution in [1.82, 2.24) is 20.7 Å². The molecular formula is C14H14F3N5O2. The fraction of sp³-hybridized carbons (Fsp3) is 0.429. The largest absolute Gasteiger partial charge is 0.435 e. The van der Waals surface area contributed by atoms with Crippen LogP contribution in [0.3, 0.4) is 0 Å². The number of carbonyl (C=O) groups excluding carboxylic acids is 1. The van der Waals surface area contributed by atoms with E-state index in [1.807, 2.05) is 0 Å². The number of nitrogens with zero attached hydrogens (tertiary/aromatic N) is 3. The molecule has 1 aliphatic carbocycles. The Labute approximate surface area is 134 Å². The van der Waals surface area contributed by atoms with Crippen molar-refractivity contribution in [3.63, 3.8) is 0 Å². The van der Waals surface area contributed by atoms with E-state index < -0.39 is 11.9 Å².